The average molecular weight is 180 g/mol. The first-order valence-corrected chi connectivity index (χ1v) is 4.63. The fourth-order valence-electron chi connectivity index (χ4n) is 2.00. The van der Waals surface area contributed by atoms with Crippen LogP contribution in [0.3, 0.4) is 0 Å². The van der Waals surface area contributed by atoms with Gasteiger partial charge >= 0.3 is 0 Å². The van der Waals surface area contributed by atoms with Gasteiger partial charge in [0.05, 0.1) is 6.61 Å². The fraction of sp³-hybridized carbons (Fsp3) is 0.455. The van der Waals surface area contributed by atoms with Crippen LogP contribution in [0.25, 0.3) is 0 Å². The largest absolute Gasteiger partial charge is 0.393 e. The van der Waals surface area contributed by atoms with Crippen LogP contribution in [0.15, 0.2) is 24.3 Å². The molecule has 1 N–H and O–H groups in total. The zero-order valence-electron chi connectivity index (χ0n) is 7.41. The van der Waals surface area contributed by atoms with Crippen molar-refractivity contribution in [3.63, 3.8) is 0 Å². The van der Waals surface area contributed by atoms with E-state index in [0.29, 0.717) is 0 Å². The number of aliphatic hydroxyl groups excluding tert-OH is 1. The Balaban J connectivity index is 2.14. The molecule has 0 fully saturated rings. The number of hydrogen-bond donors (Lipinski definition) is 1. The second-order valence-electron chi connectivity index (χ2n) is 3.64. The second kappa shape index (κ2) is 3.46. The molecular formula is C11H13FO. The Bertz CT molecular complexity index is 273. The predicted molar refractivity (Wildman–Crippen MR) is 49.3 cm³/mol. The van der Waals surface area contributed by atoms with Gasteiger partial charge in [-0.1, -0.05) is 24.3 Å². The van der Waals surface area contributed by atoms with Crippen molar-refractivity contribution >= 4 is 0 Å². The summed E-state index contributed by atoms with van der Waals surface area (Å²) in [5, 5.41) is 8.70. The quantitative estimate of drug-likeness (QED) is 0.735. The van der Waals surface area contributed by atoms with Crippen LogP contribution in [0.4, 0.5) is 4.39 Å². The van der Waals surface area contributed by atoms with E-state index in [9.17, 15) is 4.39 Å². The van der Waals surface area contributed by atoms with Crippen molar-refractivity contribution in [1.82, 2.24) is 0 Å². The molecular weight excluding hydrogens is 167 g/mol. The Morgan fingerprint density at radius 3 is 2.31 bits per heavy atom. The van der Waals surface area contributed by atoms with E-state index in [0.717, 1.165) is 12.8 Å². The van der Waals surface area contributed by atoms with E-state index in [1.807, 2.05) is 24.3 Å². The monoisotopic (exact) mass is 180 g/mol. The van der Waals surface area contributed by atoms with E-state index in [2.05, 4.69) is 0 Å². The molecule has 1 aliphatic rings. The number of aliphatic hydroxyl groups is 1. The molecule has 0 bridgehead atoms. The van der Waals surface area contributed by atoms with Crippen LogP contribution in [0.1, 0.15) is 11.1 Å². The van der Waals surface area contributed by atoms with Crippen molar-refractivity contribution in [2.45, 2.75) is 19.0 Å². The third-order valence-electron chi connectivity index (χ3n) is 2.77. The minimum absolute atomic E-state index is 0.0117. The molecule has 0 amide bonds. The highest BCUT2D eigenvalue weighted by atomic mass is 19.1. The van der Waals surface area contributed by atoms with Gasteiger partial charge in [-0.25, -0.2) is 4.39 Å². The standard InChI is InChI=1S/C11H13FO/c12-11(7-13)10-5-8-3-1-2-4-9(8)6-10/h1-4,10-11,13H,5-7H2. The third kappa shape index (κ3) is 1.59. The summed E-state index contributed by atoms with van der Waals surface area (Å²) in [6.07, 6.45) is 0.489. The minimum Gasteiger partial charge on any atom is -0.393 e. The first-order valence-electron chi connectivity index (χ1n) is 4.63. The molecule has 0 heterocycles. The van der Waals surface area contributed by atoms with Crippen molar-refractivity contribution in [3.05, 3.63) is 35.4 Å². The van der Waals surface area contributed by atoms with Gasteiger partial charge in [-0.05, 0) is 24.0 Å². The smallest absolute Gasteiger partial charge is 0.126 e. The van der Waals surface area contributed by atoms with Crippen LogP contribution in [-0.2, 0) is 12.8 Å². The maximum atomic E-state index is 13.2. The summed E-state index contributed by atoms with van der Waals surface area (Å²) in [5.74, 6) is -0.0117. The van der Waals surface area contributed by atoms with E-state index >= 15 is 0 Å². The Kier molecular flexibility index (Phi) is 2.32. The molecule has 0 aliphatic heterocycles. The van der Waals surface area contributed by atoms with Gasteiger partial charge in [0.15, 0.2) is 0 Å². The molecule has 1 aliphatic carbocycles. The lowest BCUT2D eigenvalue weighted by Crippen LogP contribution is -2.19. The van der Waals surface area contributed by atoms with Gasteiger partial charge in [0.2, 0.25) is 0 Å². The molecule has 0 radical (unpaired) electrons. The van der Waals surface area contributed by atoms with Crippen molar-refractivity contribution in [2.24, 2.45) is 5.92 Å². The zero-order chi connectivity index (χ0) is 9.26. The highest BCUT2D eigenvalue weighted by Crippen LogP contribution is 2.29. The Morgan fingerprint density at radius 2 is 1.85 bits per heavy atom. The Hall–Kier alpha value is -0.890. The van der Waals surface area contributed by atoms with Gasteiger partial charge < -0.3 is 5.11 Å². The molecule has 70 valence electrons. The lowest BCUT2D eigenvalue weighted by Gasteiger charge is -2.11. The second-order valence-corrected chi connectivity index (χ2v) is 3.64. The van der Waals surface area contributed by atoms with Crippen LogP contribution in [0.5, 0.6) is 0 Å². The Morgan fingerprint density at radius 1 is 1.31 bits per heavy atom. The summed E-state index contributed by atoms with van der Waals surface area (Å²) in [7, 11) is 0. The molecule has 1 nitrogen and oxygen atoms in total. The van der Waals surface area contributed by atoms with Gasteiger partial charge in [0.25, 0.3) is 0 Å². The molecule has 2 heteroatoms. The molecule has 1 atom stereocenters. The molecule has 1 aromatic carbocycles. The molecule has 13 heavy (non-hydrogen) atoms. The van der Waals surface area contributed by atoms with Crippen LogP contribution < -0.4 is 0 Å². The maximum absolute atomic E-state index is 13.2. The number of alkyl halides is 1. The predicted octanol–water partition coefficient (Wildman–Crippen LogP) is 1.73. The highest BCUT2D eigenvalue weighted by Gasteiger charge is 2.27. The summed E-state index contributed by atoms with van der Waals surface area (Å²) in [5.41, 5.74) is 2.48. The summed E-state index contributed by atoms with van der Waals surface area (Å²) in [6, 6.07) is 8.04. The van der Waals surface area contributed by atoms with Crippen LogP contribution >= 0.6 is 0 Å². The maximum Gasteiger partial charge on any atom is 0.126 e. The molecule has 1 aromatic rings. The van der Waals surface area contributed by atoms with Gasteiger partial charge in [-0.2, -0.15) is 0 Å². The van der Waals surface area contributed by atoms with Crippen LogP contribution in [0.2, 0.25) is 0 Å². The summed E-state index contributed by atoms with van der Waals surface area (Å²) in [4.78, 5) is 0. The van der Waals surface area contributed by atoms with E-state index < -0.39 is 6.17 Å². The first kappa shape index (κ1) is 8.70. The fourth-order valence-corrected chi connectivity index (χ4v) is 2.00. The SMILES string of the molecule is OCC(F)C1Cc2ccccc2C1. The summed E-state index contributed by atoms with van der Waals surface area (Å²) < 4.78 is 13.2. The minimum atomic E-state index is -1.06. The summed E-state index contributed by atoms with van der Waals surface area (Å²) in [6.45, 7) is -0.349. The van der Waals surface area contributed by atoms with E-state index in [1.54, 1.807) is 0 Å². The van der Waals surface area contributed by atoms with Crippen LogP contribution in [0, 0.1) is 5.92 Å². The van der Waals surface area contributed by atoms with Crippen molar-refractivity contribution in [3.8, 4) is 0 Å². The van der Waals surface area contributed by atoms with Crippen molar-refractivity contribution < 1.29 is 9.50 Å². The highest BCUT2D eigenvalue weighted by molar-refractivity contribution is 5.32. The van der Waals surface area contributed by atoms with E-state index in [4.69, 9.17) is 5.11 Å². The normalized spacial score (nSPS) is 18.6. The first-order chi connectivity index (χ1) is 6.31. The van der Waals surface area contributed by atoms with Crippen molar-refractivity contribution in [1.29, 1.82) is 0 Å². The van der Waals surface area contributed by atoms with E-state index in [1.165, 1.54) is 11.1 Å². The molecule has 0 saturated heterocycles. The summed E-state index contributed by atoms with van der Waals surface area (Å²) >= 11 is 0. The third-order valence-corrected chi connectivity index (χ3v) is 2.77. The number of fused-ring (bicyclic) bond motifs is 1. The molecule has 2 rings (SSSR count). The molecule has 0 spiro atoms. The Labute approximate surface area is 77.2 Å². The number of halogens is 1. The van der Waals surface area contributed by atoms with Gasteiger partial charge in [0, 0.05) is 5.92 Å². The lowest BCUT2D eigenvalue weighted by molar-refractivity contribution is 0.129. The zero-order valence-corrected chi connectivity index (χ0v) is 7.41. The molecule has 1 unspecified atom stereocenters. The van der Waals surface area contributed by atoms with Gasteiger partial charge in [0.1, 0.15) is 6.17 Å². The molecule has 0 aromatic heterocycles. The van der Waals surface area contributed by atoms with Crippen molar-refractivity contribution in [2.75, 3.05) is 6.61 Å². The number of hydrogen-bond acceptors (Lipinski definition) is 1. The lowest BCUT2D eigenvalue weighted by atomic mass is 10.0. The topological polar surface area (TPSA) is 20.2 Å². The van der Waals surface area contributed by atoms with Crippen LogP contribution in [-0.4, -0.2) is 17.9 Å². The van der Waals surface area contributed by atoms with Gasteiger partial charge in [-0.15, -0.1) is 0 Å². The number of benzene rings is 1. The average Bonchev–Trinajstić information content (AvgIpc) is 2.59. The molecule has 0 saturated carbocycles. The number of rotatable bonds is 2. The van der Waals surface area contributed by atoms with Gasteiger partial charge in [-0.3, -0.25) is 0 Å². The van der Waals surface area contributed by atoms with E-state index in [-0.39, 0.29) is 12.5 Å².